The van der Waals surface area contributed by atoms with Gasteiger partial charge in [-0.3, -0.25) is 5.01 Å². The fraction of sp³-hybridized carbons (Fsp3) is 0.150. The number of fused-ring (bicyclic) bond motifs is 1. The number of hydrazone groups is 1. The molecule has 12 heteroatoms. The van der Waals surface area contributed by atoms with Crippen molar-refractivity contribution < 1.29 is 19.1 Å². The normalized spacial score (nSPS) is 11.2. The standard InChI is InChI=1S/C20H16Br2N6O4/c1-3-28(26-16(9-23)19(29)32-20(24)30)11-6-13(21)18(14(22)7-11)31-12-4-5-15-17(8-12)27(2)10-25-15/h4-8,10H,3H2,1-2H3,(H2,24,30)/b26-16+. The van der Waals surface area contributed by atoms with Crippen molar-refractivity contribution in [3.63, 3.8) is 0 Å². The first-order valence-corrected chi connectivity index (χ1v) is 10.7. The molecule has 32 heavy (non-hydrogen) atoms. The smallest absolute Gasteiger partial charge is 0.412 e. The highest BCUT2D eigenvalue weighted by atomic mass is 79.9. The van der Waals surface area contributed by atoms with E-state index in [9.17, 15) is 14.9 Å². The molecule has 3 rings (SSSR count). The summed E-state index contributed by atoms with van der Waals surface area (Å²) >= 11 is 6.98. The predicted molar refractivity (Wildman–Crippen MR) is 124 cm³/mol. The number of nitriles is 1. The first-order chi connectivity index (χ1) is 15.2. The van der Waals surface area contributed by atoms with Crippen molar-refractivity contribution in [2.75, 3.05) is 11.6 Å². The van der Waals surface area contributed by atoms with Crippen LogP contribution in [0.3, 0.4) is 0 Å². The molecule has 0 aliphatic carbocycles. The molecule has 1 heterocycles. The summed E-state index contributed by atoms with van der Waals surface area (Å²) in [6, 6.07) is 10.6. The van der Waals surface area contributed by atoms with Crippen LogP contribution in [-0.2, 0) is 16.6 Å². The van der Waals surface area contributed by atoms with Crippen LogP contribution >= 0.6 is 31.9 Å². The van der Waals surface area contributed by atoms with Crippen LogP contribution in [0.2, 0.25) is 0 Å². The van der Waals surface area contributed by atoms with E-state index in [4.69, 9.17) is 10.5 Å². The topological polar surface area (TPSA) is 136 Å². The molecule has 0 atom stereocenters. The van der Waals surface area contributed by atoms with Gasteiger partial charge < -0.3 is 19.8 Å². The number of primary amides is 1. The molecule has 0 spiro atoms. The number of carbonyl (C=O) groups excluding carboxylic acids is 2. The lowest BCUT2D eigenvalue weighted by Crippen LogP contribution is -2.27. The van der Waals surface area contributed by atoms with E-state index >= 15 is 0 Å². The molecule has 0 aliphatic heterocycles. The Morgan fingerprint density at radius 1 is 1.28 bits per heavy atom. The third-order valence-corrected chi connectivity index (χ3v) is 5.39. The average molecular weight is 564 g/mol. The van der Waals surface area contributed by atoms with Gasteiger partial charge in [-0.1, -0.05) is 0 Å². The van der Waals surface area contributed by atoms with Gasteiger partial charge >= 0.3 is 12.1 Å². The van der Waals surface area contributed by atoms with Crippen LogP contribution in [0, 0.1) is 11.3 Å². The third-order valence-electron chi connectivity index (χ3n) is 4.21. The van der Waals surface area contributed by atoms with E-state index in [2.05, 4.69) is 46.7 Å². The van der Waals surface area contributed by atoms with E-state index in [-0.39, 0.29) is 0 Å². The number of amides is 1. The highest BCUT2D eigenvalue weighted by molar-refractivity contribution is 9.11. The van der Waals surface area contributed by atoms with E-state index in [1.54, 1.807) is 31.5 Å². The first-order valence-electron chi connectivity index (χ1n) is 9.09. The van der Waals surface area contributed by atoms with Crippen molar-refractivity contribution in [2.24, 2.45) is 17.9 Å². The van der Waals surface area contributed by atoms with Crippen molar-refractivity contribution in [3.8, 4) is 17.6 Å². The number of imidazole rings is 1. The Bertz CT molecular complexity index is 1260. The van der Waals surface area contributed by atoms with E-state index < -0.39 is 17.8 Å². The van der Waals surface area contributed by atoms with Crippen LogP contribution in [0.4, 0.5) is 10.5 Å². The molecular weight excluding hydrogens is 548 g/mol. The number of anilines is 1. The average Bonchev–Trinajstić information content (AvgIpc) is 3.11. The lowest BCUT2D eigenvalue weighted by molar-refractivity contribution is -0.129. The number of rotatable bonds is 6. The van der Waals surface area contributed by atoms with Gasteiger partial charge in [0, 0.05) is 19.7 Å². The van der Waals surface area contributed by atoms with Gasteiger partial charge in [-0.05, 0) is 63.0 Å². The molecular formula is C20H16Br2N6O4. The zero-order valence-corrected chi connectivity index (χ0v) is 20.0. The van der Waals surface area contributed by atoms with E-state index in [0.717, 1.165) is 11.0 Å². The number of hydrogen-bond acceptors (Lipinski definition) is 8. The largest absolute Gasteiger partial charge is 0.455 e. The zero-order chi connectivity index (χ0) is 23.4. The molecule has 0 radical (unpaired) electrons. The van der Waals surface area contributed by atoms with Crippen LogP contribution < -0.4 is 15.5 Å². The van der Waals surface area contributed by atoms with Crippen LogP contribution in [0.15, 0.2) is 50.7 Å². The summed E-state index contributed by atoms with van der Waals surface area (Å²) in [5, 5.41) is 14.6. The maximum Gasteiger partial charge on any atom is 0.412 e. The fourth-order valence-corrected chi connectivity index (χ4v) is 4.08. The molecule has 0 unspecified atom stereocenters. The van der Waals surface area contributed by atoms with Gasteiger partial charge in [-0.2, -0.15) is 10.4 Å². The maximum absolute atomic E-state index is 11.8. The van der Waals surface area contributed by atoms with E-state index in [1.165, 1.54) is 5.01 Å². The minimum atomic E-state index is -1.32. The van der Waals surface area contributed by atoms with Crippen molar-refractivity contribution in [2.45, 2.75) is 6.92 Å². The summed E-state index contributed by atoms with van der Waals surface area (Å²) in [6.45, 7) is 2.08. The second-order valence-corrected chi connectivity index (χ2v) is 8.04. The minimum absolute atomic E-state index is 0.311. The van der Waals surface area contributed by atoms with Crippen LogP contribution in [0.5, 0.6) is 11.5 Å². The van der Waals surface area contributed by atoms with Gasteiger partial charge in [0.15, 0.2) is 5.75 Å². The first kappa shape index (κ1) is 23.2. The Hall–Kier alpha value is -3.43. The second kappa shape index (κ2) is 9.80. The van der Waals surface area contributed by atoms with E-state index in [1.807, 2.05) is 29.8 Å². The summed E-state index contributed by atoms with van der Waals surface area (Å²) in [7, 11) is 1.90. The number of nitrogens with two attached hydrogens (primary N) is 1. The molecule has 10 nitrogen and oxygen atoms in total. The highest BCUT2D eigenvalue weighted by Gasteiger charge is 2.19. The predicted octanol–water partition coefficient (Wildman–Crippen LogP) is 4.22. The molecule has 2 N–H and O–H groups in total. The maximum atomic E-state index is 11.8. The molecule has 164 valence electrons. The number of halogens is 2. The molecule has 3 aromatic rings. The second-order valence-electron chi connectivity index (χ2n) is 6.33. The molecule has 0 aliphatic rings. The summed E-state index contributed by atoms with van der Waals surface area (Å²) in [6.07, 6.45) is 0.404. The molecule has 0 bridgehead atoms. The SMILES string of the molecule is CCN(/N=C(\C#N)C(=O)OC(N)=O)c1cc(Br)c(Oc2ccc3ncn(C)c3c2)c(Br)c1. The summed E-state index contributed by atoms with van der Waals surface area (Å²) in [5.74, 6) is -0.104. The molecule has 0 fully saturated rings. The number of benzene rings is 2. The number of esters is 1. The van der Waals surface area contributed by atoms with E-state index in [0.29, 0.717) is 32.7 Å². The number of ether oxygens (including phenoxy) is 2. The fourth-order valence-electron chi connectivity index (χ4n) is 2.76. The lowest BCUT2D eigenvalue weighted by atomic mass is 10.2. The number of aryl methyl sites for hydroxylation is 1. The van der Waals surface area contributed by atoms with Crippen molar-refractivity contribution in [3.05, 3.63) is 45.6 Å². The molecule has 0 saturated carbocycles. The minimum Gasteiger partial charge on any atom is -0.455 e. The molecule has 1 amide bonds. The summed E-state index contributed by atoms with van der Waals surface area (Å²) in [5.41, 5.74) is 6.52. The highest BCUT2D eigenvalue weighted by Crippen LogP contribution is 2.40. The number of aromatic nitrogens is 2. The van der Waals surface area contributed by atoms with Gasteiger partial charge in [0.25, 0.3) is 0 Å². The molecule has 2 aromatic carbocycles. The Morgan fingerprint density at radius 3 is 2.56 bits per heavy atom. The lowest BCUT2D eigenvalue weighted by Gasteiger charge is -2.19. The van der Waals surface area contributed by atoms with Crippen molar-refractivity contribution >= 4 is 66.4 Å². The van der Waals surface area contributed by atoms with Crippen LogP contribution in [0.1, 0.15) is 6.92 Å². The Labute approximate surface area is 199 Å². The van der Waals surface area contributed by atoms with Crippen LogP contribution in [0.25, 0.3) is 11.0 Å². The van der Waals surface area contributed by atoms with Gasteiger partial charge in [0.2, 0.25) is 5.71 Å². The number of nitrogens with zero attached hydrogens (tertiary/aromatic N) is 5. The van der Waals surface area contributed by atoms with Gasteiger partial charge in [-0.25, -0.2) is 14.6 Å². The third kappa shape index (κ3) is 5.06. The van der Waals surface area contributed by atoms with Gasteiger partial charge in [0.05, 0.1) is 32.0 Å². The number of hydrogen-bond donors (Lipinski definition) is 1. The monoisotopic (exact) mass is 562 g/mol. The Balaban J connectivity index is 1.91. The quantitative estimate of drug-likeness (QED) is 0.205. The molecule has 1 aromatic heterocycles. The molecule has 0 saturated heterocycles. The van der Waals surface area contributed by atoms with Gasteiger partial charge in [-0.15, -0.1) is 0 Å². The Kier molecular flexibility index (Phi) is 7.12. The summed E-state index contributed by atoms with van der Waals surface area (Å²) in [4.78, 5) is 26.9. The Morgan fingerprint density at radius 2 is 1.97 bits per heavy atom. The number of carbonyl (C=O) groups is 2. The van der Waals surface area contributed by atoms with Crippen LogP contribution in [-0.4, -0.2) is 33.9 Å². The van der Waals surface area contributed by atoms with Gasteiger partial charge in [0.1, 0.15) is 11.8 Å². The van der Waals surface area contributed by atoms with Crippen molar-refractivity contribution in [1.82, 2.24) is 9.55 Å². The van der Waals surface area contributed by atoms with Crippen molar-refractivity contribution in [1.29, 1.82) is 5.26 Å². The zero-order valence-electron chi connectivity index (χ0n) is 16.9. The summed E-state index contributed by atoms with van der Waals surface area (Å²) < 4.78 is 13.4.